The van der Waals surface area contributed by atoms with Crippen molar-refractivity contribution in [3.63, 3.8) is 0 Å². The van der Waals surface area contributed by atoms with Crippen LogP contribution in [0.4, 0.5) is 0 Å². The van der Waals surface area contributed by atoms with Crippen LogP contribution < -0.4 is 4.74 Å². The number of rotatable bonds is 6. The molecule has 0 spiro atoms. The Bertz CT molecular complexity index is 607. The molecule has 1 aliphatic rings. The number of hydrogen-bond acceptors (Lipinski definition) is 4. The molecule has 1 atom stereocenters. The van der Waals surface area contributed by atoms with Crippen LogP contribution in [0.2, 0.25) is 0 Å². The topological polar surface area (TPSA) is 35.9 Å². The van der Waals surface area contributed by atoms with Gasteiger partial charge >= 0.3 is 0 Å². The largest absolute Gasteiger partial charge is 0.457 e. The highest BCUT2D eigenvalue weighted by molar-refractivity contribution is 5.33. The maximum Gasteiger partial charge on any atom is 0.127 e. The second-order valence-corrected chi connectivity index (χ2v) is 6.26. The number of ether oxygens (including phenoxy) is 1. The van der Waals surface area contributed by atoms with E-state index in [0.717, 1.165) is 44.2 Å². The van der Waals surface area contributed by atoms with E-state index in [-0.39, 0.29) is 6.61 Å². The summed E-state index contributed by atoms with van der Waals surface area (Å²) in [5.41, 5.74) is 1.31. The maximum absolute atomic E-state index is 9.04. The number of piperazine rings is 1. The number of para-hydroxylation sites is 1. The fourth-order valence-electron chi connectivity index (χ4n) is 3.17. The third kappa shape index (κ3) is 4.35. The molecule has 0 aromatic heterocycles. The zero-order chi connectivity index (χ0) is 16.8. The minimum absolute atomic E-state index is 0.248. The van der Waals surface area contributed by atoms with Gasteiger partial charge in [0.15, 0.2) is 0 Å². The quantitative estimate of drug-likeness (QED) is 0.885. The average molecular weight is 326 g/mol. The zero-order valence-corrected chi connectivity index (χ0v) is 14.3. The molecule has 0 radical (unpaired) electrons. The molecule has 24 heavy (non-hydrogen) atoms. The van der Waals surface area contributed by atoms with Crippen molar-refractivity contribution in [1.82, 2.24) is 9.80 Å². The summed E-state index contributed by atoms with van der Waals surface area (Å²) in [6, 6.07) is 18.6. The van der Waals surface area contributed by atoms with Crippen LogP contribution in [0.25, 0.3) is 0 Å². The number of hydrogen-bond donors (Lipinski definition) is 1. The van der Waals surface area contributed by atoms with Crippen LogP contribution in [0.3, 0.4) is 0 Å². The van der Waals surface area contributed by atoms with Gasteiger partial charge in [-0.25, -0.2) is 0 Å². The van der Waals surface area contributed by atoms with Gasteiger partial charge in [-0.05, 0) is 36.8 Å². The van der Waals surface area contributed by atoms with Gasteiger partial charge in [-0.3, -0.25) is 9.80 Å². The first kappa shape index (κ1) is 17.0. The molecule has 1 fully saturated rings. The predicted octanol–water partition coefficient (Wildman–Crippen LogP) is 3.15. The summed E-state index contributed by atoms with van der Waals surface area (Å²) in [6.45, 7) is 7.44. The van der Waals surface area contributed by atoms with E-state index in [1.807, 2.05) is 42.5 Å². The fourth-order valence-corrected chi connectivity index (χ4v) is 3.17. The number of aliphatic hydroxyl groups excluding tert-OH is 1. The molecule has 0 aliphatic carbocycles. The molecule has 0 bridgehead atoms. The molecular formula is C20H26N2O2. The normalized spacial score (nSPS) is 17.6. The molecular weight excluding hydrogens is 300 g/mol. The van der Waals surface area contributed by atoms with Gasteiger partial charge in [0.1, 0.15) is 11.5 Å². The van der Waals surface area contributed by atoms with Crippen LogP contribution in [-0.4, -0.2) is 54.2 Å². The van der Waals surface area contributed by atoms with Crippen molar-refractivity contribution in [3.8, 4) is 11.5 Å². The number of β-amino-alcohol motifs (C(OH)–C–C–N with tert-alkyl or cyclic N) is 1. The molecule has 1 unspecified atom stereocenters. The van der Waals surface area contributed by atoms with E-state index >= 15 is 0 Å². The lowest BCUT2D eigenvalue weighted by Gasteiger charge is -2.38. The van der Waals surface area contributed by atoms with Crippen molar-refractivity contribution in [2.45, 2.75) is 13.0 Å². The Balaban J connectivity index is 1.57. The van der Waals surface area contributed by atoms with Crippen LogP contribution in [0, 0.1) is 0 Å². The van der Waals surface area contributed by atoms with E-state index in [4.69, 9.17) is 9.84 Å². The summed E-state index contributed by atoms with van der Waals surface area (Å²) in [5, 5.41) is 9.04. The van der Waals surface area contributed by atoms with Crippen molar-refractivity contribution in [1.29, 1.82) is 0 Å². The van der Waals surface area contributed by atoms with E-state index in [2.05, 4.69) is 28.9 Å². The van der Waals surface area contributed by atoms with Crippen LogP contribution in [0.5, 0.6) is 11.5 Å². The predicted molar refractivity (Wildman–Crippen MR) is 96.5 cm³/mol. The Morgan fingerprint density at radius 3 is 2.17 bits per heavy atom. The van der Waals surface area contributed by atoms with Crippen LogP contribution >= 0.6 is 0 Å². The van der Waals surface area contributed by atoms with E-state index in [0.29, 0.717) is 6.04 Å². The lowest BCUT2D eigenvalue weighted by atomic mass is 10.1. The number of nitrogens with zero attached hydrogens (tertiary/aromatic N) is 2. The Hall–Kier alpha value is -1.88. The minimum Gasteiger partial charge on any atom is -0.457 e. The van der Waals surface area contributed by atoms with Gasteiger partial charge in [0.25, 0.3) is 0 Å². The van der Waals surface area contributed by atoms with Gasteiger partial charge in [0.05, 0.1) is 6.61 Å². The Kier molecular flexibility index (Phi) is 5.86. The summed E-state index contributed by atoms with van der Waals surface area (Å²) < 4.78 is 5.86. The molecule has 1 saturated heterocycles. The third-order valence-electron chi connectivity index (χ3n) is 4.71. The monoisotopic (exact) mass is 326 g/mol. The first-order chi connectivity index (χ1) is 11.8. The van der Waals surface area contributed by atoms with Gasteiger partial charge in [-0.2, -0.15) is 0 Å². The van der Waals surface area contributed by atoms with Crippen molar-refractivity contribution < 1.29 is 9.84 Å². The number of benzene rings is 2. The highest BCUT2D eigenvalue weighted by Gasteiger charge is 2.21. The van der Waals surface area contributed by atoms with Gasteiger partial charge < -0.3 is 9.84 Å². The van der Waals surface area contributed by atoms with Crippen molar-refractivity contribution in [3.05, 3.63) is 60.2 Å². The highest BCUT2D eigenvalue weighted by Crippen LogP contribution is 2.26. The highest BCUT2D eigenvalue weighted by atomic mass is 16.5. The average Bonchev–Trinajstić information content (AvgIpc) is 2.64. The van der Waals surface area contributed by atoms with Gasteiger partial charge in [0.2, 0.25) is 0 Å². The second kappa shape index (κ2) is 8.29. The van der Waals surface area contributed by atoms with Crippen molar-refractivity contribution in [2.75, 3.05) is 39.3 Å². The molecule has 2 aromatic carbocycles. The van der Waals surface area contributed by atoms with Crippen LogP contribution in [0.15, 0.2) is 54.6 Å². The first-order valence-electron chi connectivity index (χ1n) is 8.66. The molecule has 2 aromatic rings. The van der Waals surface area contributed by atoms with Gasteiger partial charge in [-0.15, -0.1) is 0 Å². The van der Waals surface area contributed by atoms with E-state index < -0.39 is 0 Å². The molecule has 1 heterocycles. The Morgan fingerprint density at radius 1 is 0.917 bits per heavy atom. The van der Waals surface area contributed by atoms with Crippen LogP contribution in [0.1, 0.15) is 18.5 Å². The summed E-state index contributed by atoms with van der Waals surface area (Å²) in [5.74, 6) is 1.73. The molecule has 4 nitrogen and oxygen atoms in total. The summed E-state index contributed by atoms with van der Waals surface area (Å²) in [4.78, 5) is 4.82. The van der Waals surface area contributed by atoms with E-state index in [1.54, 1.807) is 0 Å². The Morgan fingerprint density at radius 2 is 1.54 bits per heavy atom. The molecule has 1 aliphatic heterocycles. The lowest BCUT2D eigenvalue weighted by molar-refractivity contribution is 0.0888. The zero-order valence-electron chi connectivity index (χ0n) is 14.3. The summed E-state index contributed by atoms with van der Waals surface area (Å²) in [6.07, 6.45) is 0. The molecule has 3 rings (SSSR count). The van der Waals surface area contributed by atoms with Crippen molar-refractivity contribution in [2.24, 2.45) is 0 Å². The maximum atomic E-state index is 9.04. The smallest absolute Gasteiger partial charge is 0.127 e. The standard InChI is InChI=1S/C20H26N2O2/c1-17(22-13-11-21(12-14-22)15-16-23)18-7-9-20(10-8-18)24-19-5-3-2-4-6-19/h2-10,17,23H,11-16H2,1H3. The molecule has 4 heteroatoms. The molecule has 0 amide bonds. The van der Waals surface area contributed by atoms with E-state index in [9.17, 15) is 0 Å². The summed E-state index contributed by atoms with van der Waals surface area (Å²) in [7, 11) is 0. The van der Waals surface area contributed by atoms with Crippen LogP contribution in [-0.2, 0) is 0 Å². The number of aliphatic hydroxyl groups is 1. The molecule has 0 saturated carbocycles. The van der Waals surface area contributed by atoms with Gasteiger partial charge in [0, 0.05) is 38.8 Å². The Labute approximate surface area is 144 Å². The van der Waals surface area contributed by atoms with Gasteiger partial charge in [-0.1, -0.05) is 30.3 Å². The SMILES string of the molecule is CC(c1ccc(Oc2ccccc2)cc1)N1CCN(CCO)CC1. The lowest BCUT2D eigenvalue weighted by Crippen LogP contribution is -2.47. The van der Waals surface area contributed by atoms with E-state index in [1.165, 1.54) is 5.56 Å². The fraction of sp³-hybridized carbons (Fsp3) is 0.400. The molecule has 128 valence electrons. The second-order valence-electron chi connectivity index (χ2n) is 6.26. The molecule has 1 N–H and O–H groups in total. The third-order valence-corrected chi connectivity index (χ3v) is 4.71. The minimum atomic E-state index is 0.248. The van der Waals surface area contributed by atoms with Crippen molar-refractivity contribution >= 4 is 0 Å². The first-order valence-corrected chi connectivity index (χ1v) is 8.66. The summed E-state index contributed by atoms with van der Waals surface area (Å²) >= 11 is 0.